The Morgan fingerprint density at radius 1 is 1.48 bits per heavy atom. The number of rotatable bonds is 4. The van der Waals surface area contributed by atoms with Gasteiger partial charge < -0.3 is 15.6 Å². The molecule has 1 aromatic carbocycles. The molecule has 0 saturated carbocycles. The maximum Gasteiger partial charge on any atom is 0.268 e. The predicted octanol–water partition coefficient (Wildman–Crippen LogP) is 2.03. The summed E-state index contributed by atoms with van der Waals surface area (Å²) in [6.45, 7) is 0.974. The van der Waals surface area contributed by atoms with Crippen LogP contribution in [0, 0.1) is 12.3 Å². The first-order valence-electron chi connectivity index (χ1n) is 7.28. The SMILES string of the molecule is C#Cc1c(-c2cccc(OF)c2)cc2n1C(CCN)CNC2=O. The highest BCUT2D eigenvalue weighted by molar-refractivity contribution is 5.96. The number of carbonyl (C=O) groups excluding carboxylic acids is 1. The minimum atomic E-state index is -0.182. The molecule has 0 radical (unpaired) electrons. The van der Waals surface area contributed by atoms with Crippen LogP contribution < -0.4 is 16.0 Å². The van der Waals surface area contributed by atoms with Gasteiger partial charge in [0.25, 0.3) is 5.91 Å². The van der Waals surface area contributed by atoms with Gasteiger partial charge in [-0.1, -0.05) is 18.1 Å². The van der Waals surface area contributed by atoms with Crippen LogP contribution in [0.1, 0.15) is 28.6 Å². The summed E-state index contributed by atoms with van der Waals surface area (Å²) in [5.74, 6) is 2.56. The third-order valence-corrected chi connectivity index (χ3v) is 4.00. The molecule has 1 aromatic heterocycles. The van der Waals surface area contributed by atoms with Gasteiger partial charge in [0.2, 0.25) is 0 Å². The molecule has 0 bridgehead atoms. The van der Waals surface area contributed by atoms with Gasteiger partial charge in [-0.2, -0.15) is 0 Å². The van der Waals surface area contributed by atoms with Crippen molar-refractivity contribution in [3.05, 3.63) is 41.7 Å². The maximum absolute atomic E-state index is 12.4. The molecular weight excluding hydrogens is 297 g/mol. The molecule has 1 amide bonds. The number of terminal acetylenes is 1. The van der Waals surface area contributed by atoms with Gasteiger partial charge >= 0.3 is 0 Å². The summed E-state index contributed by atoms with van der Waals surface area (Å²) in [4.78, 5) is 15.9. The van der Waals surface area contributed by atoms with E-state index in [4.69, 9.17) is 12.2 Å². The molecule has 118 valence electrons. The number of fused-ring (bicyclic) bond motifs is 1. The molecule has 0 spiro atoms. The van der Waals surface area contributed by atoms with Gasteiger partial charge in [-0.15, -0.1) is 6.42 Å². The molecule has 2 aromatic rings. The largest absolute Gasteiger partial charge is 0.349 e. The van der Waals surface area contributed by atoms with Gasteiger partial charge in [0, 0.05) is 16.6 Å². The van der Waals surface area contributed by atoms with Crippen molar-refractivity contribution in [2.24, 2.45) is 5.73 Å². The fraction of sp³-hybridized carbons (Fsp3) is 0.235. The Labute approximate surface area is 133 Å². The number of benzene rings is 1. The Balaban J connectivity index is 2.18. The highest BCUT2D eigenvalue weighted by Crippen LogP contribution is 2.33. The molecule has 2 heterocycles. The number of hydrogen-bond donors (Lipinski definition) is 2. The summed E-state index contributed by atoms with van der Waals surface area (Å²) in [5.41, 5.74) is 8.12. The van der Waals surface area contributed by atoms with Crippen LogP contribution in [0.5, 0.6) is 5.75 Å². The van der Waals surface area contributed by atoms with E-state index in [0.717, 1.165) is 0 Å². The van der Waals surface area contributed by atoms with Crippen molar-refractivity contribution < 1.29 is 14.3 Å². The third-order valence-electron chi connectivity index (χ3n) is 4.00. The van der Waals surface area contributed by atoms with Crippen LogP contribution in [0.15, 0.2) is 30.3 Å². The van der Waals surface area contributed by atoms with E-state index in [1.54, 1.807) is 18.2 Å². The summed E-state index contributed by atoms with van der Waals surface area (Å²) < 4.78 is 14.3. The minimum Gasteiger partial charge on any atom is -0.349 e. The Kier molecular flexibility index (Phi) is 4.04. The molecule has 1 aliphatic heterocycles. The van der Waals surface area contributed by atoms with E-state index in [-0.39, 0.29) is 17.7 Å². The van der Waals surface area contributed by atoms with Crippen molar-refractivity contribution in [1.29, 1.82) is 0 Å². The Morgan fingerprint density at radius 2 is 2.30 bits per heavy atom. The second-order valence-corrected chi connectivity index (χ2v) is 5.35. The average Bonchev–Trinajstić information content (AvgIpc) is 2.98. The van der Waals surface area contributed by atoms with E-state index in [2.05, 4.69) is 16.2 Å². The van der Waals surface area contributed by atoms with Crippen molar-refractivity contribution in [2.45, 2.75) is 12.5 Å². The number of hydrogen-bond acceptors (Lipinski definition) is 3. The zero-order valence-corrected chi connectivity index (χ0v) is 12.4. The van der Waals surface area contributed by atoms with Gasteiger partial charge in [0.15, 0.2) is 5.75 Å². The van der Waals surface area contributed by atoms with Crippen LogP contribution in [-0.4, -0.2) is 23.6 Å². The molecule has 3 N–H and O–H groups in total. The normalized spacial score (nSPS) is 16.4. The van der Waals surface area contributed by atoms with Crippen molar-refractivity contribution in [2.75, 3.05) is 13.1 Å². The molecule has 6 heteroatoms. The lowest BCUT2D eigenvalue weighted by atomic mass is 10.1. The first-order valence-corrected chi connectivity index (χ1v) is 7.28. The van der Waals surface area contributed by atoms with Gasteiger partial charge in [-0.25, -0.2) is 0 Å². The number of amides is 1. The topological polar surface area (TPSA) is 69.3 Å². The van der Waals surface area contributed by atoms with Crippen LogP contribution in [0.3, 0.4) is 0 Å². The van der Waals surface area contributed by atoms with E-state index in [0.29, 0.717) is 42.0 Å². The van der Waals surface area contributed by atoms with Crippen LogP contribution >= 0.6 is 0 Å². The molecule has 3 rings (SSSR count). The zero-order chi connectivity index (χ0) is 16.4. The lowest BCUT2D eigenvalue weighted by molar-refractivity contribution is -0.00614. The van der Waals surface area contributed by atoms with Crippen LogP contribution in [0.2, 0.25) is 0 Å². The lowest BCUT2D eigenvalue weighted by Gasteiger charge is -2.27. The van der Waals surface area contributed by atoms with Crippen molar-refractivity contribution in [3.8, 4) is 29.2 Å². The summed E-state index contributed by atoms with van der Waals surface area (Å²) >= 11 is 0. The molecule has 5 nitrogen and oxygen atoms in total. The van der Waals surface area contributed by atoms with E-state index in [1.807, 2.05) is 4.57 Å². The highest BCUT2D eigenvalue weighted by Gasteiger charge is 2.29. The fourth-order valence-corrected chi connectivity index (χ4v) is 2.97. The zero-order valence-electron chi connectivity index (χ0n) is 12.4. The number of aromatic nitrogens is 1. The van der Waals surface area contributed by atoms with Crippen molar-refractivity contribution >= 4 is 5.91 Å². The molecule has 23 heavy (non-hydrogen) atoms. The molecular formula is C17H16FN3O2. The van der Waals surface area contributed by atoms with E-state index in [1.165, 1.54) is 12.1 Å². The molecule has 1 atom stereocenters. The Bertz CT molecular complexity index is 792. The molecule has 0 aliphatic carbocycles. The van der Waals surface area contributed by atoms with Crippen LogP contribution in [0.4, 0.5) is 4.53 Å². The summed E-state index contributed by atoms with van der Waals surface area (Å²) in [7, 11) is 0. The number of halogens is 1. The first kappa shape index (κ1) is 15.1. The number of carbonyl (C=O) groups is 1. The quantitative estimate of drug-likeness (QED) is 0.849. The van der Waals surface area contributed by atoms with Crippen LogP contribution in [-0.2, 0) is 0 Å². The van der Waals surface area contributed by atoms with Gasteiger partial charge in [0.1, 0.15) is 11.4 Å². The third kappa shape index (κ3) is 2.56. The Hall–Kier alpha value is -2.78. The second kappa shape index (κ2) is 6.15. The van der Waals surface area contributed by atoms with E-state index >= 15 is 0 Å². The van der Waals surface area contributed by atoms with Crippen molar-refractivity contribution in [3.63, 3.8) is 0 Å². The van der Waals surface area contributed by atoms with Gasteiger partial charge in [-0.3, -0.25) is 9.74 Å². The molecule has 0 saturated heterocycles. The first-order chi connectivity index (χ1) is 11.2. The highest BCUT2D eigenvalue weighted by atomic mass is 19.3. The Morgan fingerprint density at radius 3 is 3.00 bits per heavy atom. The number of nitrogens with zero attached hydrogens (tertiary/aromatic N) is 1. The monoisotopic (exact) mass is 313 g/mol. The van der Waals surface area contributed by atoms with Gasteiger partial charge in [0.05, 0.1) is 6.04 Å². The second-order valence-electron chi connectivity index (χ2n) is 5.35. The average molecular weight is 313 g/mol. The molecule has 0 fully saturated rings. The lowest BCUT2D eigenvalue weighted by Crippen LogP contribution is -2.39. The molecule has 1 aliphatic rings. The van der Waals surface area contributed by atoms with E-state index < -0.39 is 0 Å². The smallest absolute Gasteiger partial charge is 0.268 e. The molecule has 1 unspecified atom stereocenters. The van der Waals surface area contributed by atoms with E-state index in [9.17, 15) is 9.32 Å². The number of nitrogens with two attached hydrogens (primary N) is 1. The summed E-state index contributed by atoms with van der Waals surface area (Å²) in [6, 6.07) is 8.23. The maximum atomic E-state index is 12.4. The fourth-order valence-electron chi connectivity index (χ4n) is 2.97. The predicted molar refractivity (Wildman–Crippen MR) is 84.6 cm³/mol. The number of nitrogens with one attached hydrogen (secondary N) is 1. The van der Waals surface area contributed by atoms with Crippen molar-refractivity contribution in [1.82, 2.24) is 9.88 Å². The standard InChI is InChI=1S/C17H16FN3O2/c1-2-15-14(11-4-3-5-13(8-11)23-18)9-16-17(22)20-10-12(6-7-19)21(15)16/h1,3-5,8-9,12H,6-7,10,19H2,(H,20,22). The summed E-state index contributed by atoms with van der Waals surface area (Å²) in [5, 5.41) is 2.84. The van der Waals surface area contributed by atoms with Crippen LogP contribution in [0.25, 0.3) is 11.1 Å². The minimum absolute atomic E-state index is 0.00751. The van der Waals surface area contributed by atoms with Gasteiger partial charge in [-0.05, 0) is 36.7 Å². The summed E-state index contributed by atoms with van der Waals surface area (Å²) in [6.07, 6.45) is 6.39.